The summed E-state index contributed by atoms with van der Waals surface area (Å²) in [4.78, 5) is 15.3. The summed E-state index contributed by atoms with van der Waals surface area (Å²) in [7, 11) is 0. The fourth-order valence-electron chi connectivity index (χ4n) is 1.85. The molecule has 0 aliphatic carbocycles. The molecule has 1 heterocycles. The van der Waals surface area contributed by atoms with Crippen LogP contribution in [0.3, 0.4) is 0 Å². The van der Waals surface area contributed by atoms with Crippen LogP contribution in [0.4, 0.5) is 4.39 Å². The summed E-state index contributed by atoms with van der Waals surface area (Å²) in [6, 6.07) is 10.4. The fourth-order valence-corrected chi connectivity index (χ4v) is 2.05. The fraction of sp³-hybridized carbons (Fsp3) is 0. The third-order valence-electron chi connectivity index (χ3n) is 2.79. The quantitative estimate of drug-likeness (QED) is 0.569. The zero-order chi connectivity index (χ0) is 13.4. The molecule has 0 fully saturated rings. The second-order valence-electron chi connectivity index (χ2n) is 4.06. The van der Waals surface area contributed by atoms with E-state index in [0.717, 1.165) is 5.52 Å². The normalized spacial score (nSPS) is 10.8. The molecule has 0 bridgehead atoms. The number of aromatic amines is 1. The Balaban J connectivity index is 2.05. The Morgan fingerprint density at radius 3 is 2.53 bits per heavy atom. The van der Waals surface area contributed by atoms with Crippen molar-refractivity contribution in [3.63, 3.8) is 0 Å². The molecule has 3 aromatic rings. The number of benzene rings is 2. The molecule has 0 saturated heterocycles. The van der Waals surface area contributed by atoms with Gasteiger partial charge in [0.25, 0.3) is 4.84 Å². The number of hydrogen-bond donors (Lipinski definition) is 1. The van der Waals surface area contributed by atoms with Crippen LogP contribution in [0.25, 0.3) is 11.1 Å². The third kappa shape index (κ3) is 2.20. The van der Waals surface area contributed by atoms with Crippen LogP contribution in [0, 0.1) is 10.7 Å². The van der Waals surface area contributed by atoms with Crippen LogP contribution in [0.5, 0.6) is 0 Å². The molecule has 1 N–H and O–H groups in total. The molecule has 0 atom stereocenters. The van der Waals surface area contributed by atoms with Gasteiger partial charge in [0.2, 0.25) is 0 Å². The molecule has 0 aliphatic rings. The Morgan fingerprint density at radius 1 is 1.11 bits per heavy atom. The summed E-state index contributed by atoms with van der Waals surface area (Å²) in [5.41, 5.74) is 2.16. The van der Waals surface area contributed by atoms with Gasteiger partial charge in [-0.25, -0.2) is 4.39 Å². The van der Waals surface area contributed by atoms with E-state index in [0.29, 0.717) is 16.7 Å². The minimum absolute atomic E-state index is 0.191. The van der Waals surface area contributed by atoms with Crippen molar-refractivity contribution >= 4 is 29.1 Å². The molecule has 5 heteroatoms. The molecule has 0 amide bonds. The summed E-state index contributed by atoms with van der Waals surface area (Å²) < 4.78 is 18.1. The lowest BCUT2D eigenvalue weighted by atomic mass is 10.0. The number of carbonyl (C=O) groups is 1. The number of rotatable bonds is 2. The Morgan fingerprint density at radius 2 is 1.79 bits per heavy atom. The molecule has 19 heavy (non-hydrogen) atoms. The van der Waals surface area contributed by atoms with Crippen LogP contribution < -0.4 is 0 Å². The highest BCUT2D eigenvalue weighted by Crippen LogP contribution is 2.18. The lowest BCUT2D eigenvalue weighted by molar-refractivity contribution is 0.103. The summed E-state index contributed by atoms with van der Waals surface area (Å²) in [6.45, 7) is 0. The maximum atomic E-state index is 12.8. The van der Waals surface area contributed by atoms with Crippen LogP contribution in [0.1, 0.15) is 15.9 Å². The third-order valence-corrected chi connectivity index (χ3v) is 2.97. The van der Waals surface area contributed by atoms with Crippen molar-refractivity contribution in [1.82, 2.24) is 4.98 Å². The van der Waals surface area contributed by atoms with E-state index in [1.165, 1.54) is 24.3 Å². The van der Waals surface area contributed by atoms with Crippen LogP contribution >= 0.6 is 12.2 Å². The number of oxazole rings is 1. The topological polar surface area (TPSA) is 46.0 Å². The highest BCUT2D eigenvalue weighted by molar-refractivity contribution is 7.71. The minimum atomic E-state index is -0.372. The van der Waals surface area contributed by atoms with Crippen molar-refractivity contribution in [2.45, 2.75) is 0 Å². The number of aromatic nitrogens is 1. The zero-order valence-corrected chi connectivity index (χ0v) is 10.5. The van der Waals surface area contributed by atoms with Gasteiger partial charge in [0, 0.05) is 11.1 Å². The number of fused-ring (bicyclic) bond motifs is 1. The first kappa shape index (κ1) is 11.8. The number of H-pyrrole nitrogens is 1. The van der Waals surface area contributed by atoms with Crippen molar-refractivity contribution in [3.05, 3.63) is 64.2 Å². The van der Waals surface area contributed by atoms with Gasteiger partial charge in [-0.3, -0.25) is 4.79 Å². The van der Waals surface area contributed by atoms with Crippen molar-refractivity contribution in [3.8, 4) is 0 Å². The summed E-state index contributed by atoms with van der Waals surface area (Å²) in [6.07, 6.45) is 0. The lowest BCUT2D eigenvalue weighted by Gasteiger charge is -2.00. The Hall–Kier alpha value is -2.27. The highest BCUT2D eigenvalue weighted by Gasteiger charge is 2.11. The predicted molar refractivity (Wildman–Crippen MR) is 71.2 cm³/mol. The summed E-state index contributed by atoms with van der Waals surface area (Å²) in [5, 5.41) is 0. The molecule has 3 nitrogen and oxygen atoms in total. The van der Waals surface area contributed by atoms with Crippen molar-refractivity contribution in [2.75, 3.05) is 0 Å². The molecule has 0 spiro atoms. The lowest BCUT2D eigenvalue weighted by Crippen LogP contribution is -2.00. The molecule has 1 aromatic heterocycles. The van der Waals surface area contributed by atoms with Crippen LogP contribution in [-0.2, 0) is 0 Å². The van der Waals surface area contributed by atoms with E-state index in [1.807, 2.05) is 0 Å². The first-order valence-corrected chi connectivity index (χ1v) is 5.97. The summed E-state index contributed by atoms with van der Waals surface area (Å²) >= 11 is 4.88. The number of ketones is 1. The van der Waals surface area contributed by atoms with E-state index in [1.54, 1.807) is 18.2 Å². The predicted octanol–water partition coefficient (Wildman–Crippen LogP) is 3.86. The van der Waals surface area contributed by atoms with Gasteiger partial charge in [-0.2, -0.15) is 0 Å². The van der Waals surface area contributed by atoms with E-state index >= 15 is 0 Å². The first-order valence-electron chi connectivity index (χ1n) is 5.56. The van der Waals surface area contributed by atoms with E-state index < -0.39 is 0 Å². The molecular weight excluding hydrogens is 265 g/mol. The van der Waals surface area contributed by atoms with E-state index in [-0.39, 0.29) is 16.4 Å². The SMILES string of the molecule is O=C(c1ccc(F)cc1)c1ccc2[nH]c(=S)oc2c1. The van der Waals surface area contributed by atoms with Gasteiger partial charge in [0.05, 0.1) is 5.52 Å². The highest BCUT2D eigenvalue weighted by atomic mass is 32.1. The van der Waals surface area contributed by atoms with Gasteiger partial charge >= 0.3 is 0 Å². The molecular formula is C14H8FNO2S. The van der Waals surface area contributed by atoms with Crippen molar-refractivity contribution < 1.29 is 13.6 Å². The second kappa shape index (κ2) is 4.44. The maximum Gasteiger partial charge on any atom is 0.266 e. The first-order chi connectivity index (χ1) is 9.13. The molecule has 0 unspecified atom stereocenters. The van der Waals surface area contributed by atoms with Crippen molar-refractivity contribution in [1.29, 1.82) is 0 Å². The molecule has 2 aromatic carbocycles. The van der Waals surface area contributed by atoms with Crippen LogP contribution in [0.2, 0.25) is 0 Å². The standard InChI is InChI=1S/C14H8FNO2S/c15-10-4-1-8(2-5-10)13(17)9-3-6-11-12(7-9)18-14(19)16-11/h1-7H,(H,16,19). The number of nitrogens with one attached hydrogen (secondary N) is 1. The van der Waals surface area contributed by atoms with Crippen LogP contribution in [-0.4, -0.2) is 10.8 Å². The molecule has 0 radical (unpaired) electrons. The second-order valence-corrected chi connectivity index (χ2v) is 4.43. The van der Waals surface area contributed by atoms with E-state index in [9.17, 15) is 9.18 Å². The maximum absolute atomic E-state index is 12.8. The van der Waals surface area contributed by atoms with Gasteiger partial charge in [-0.05, 0) is 54.7 Å². The minimum Gasteiger partial charge on any atom is -0.429 e. The number of carbonyl (C=O) groups excluding carboxylic acids is 1. The molecule has 94 valence electrons. The Bertz CT molecular complexity index is 817. The Labute approximate surface area is 112 Å². The number of hydrogen-bond acceptors (Lipinski definition) is 3. The van der Waals surface area contributed by atoms with Gasteiger partial charge in [0.15, 0.2) is 11.4 Å². The monoisotopic (exact) mass is 273 g/mol. The van der Waals surface area contributed by atoms with Gasteiger partial charge < -0.3 is 9.40 Å². The van der Waals surface area contributed by atoms with E-state index in [4.69, 9.17) is 16.6 Å². The largest absolute Gasteiger partial charge is 0.429 e. The number of halogens is 1. The smallest absolute Gasteiger partial charge is 0.266 e. The van der Waals surface area contributed by atoms with Crippen LogP contribution in [0.15, 0.2) is 46.9 Å². The summed E-state index contributed by atoms with van der Waals surface area (Å²) in [5.74, 6) is -0.562. The van der Waals surface area contributed by atoms with Gasteiger partial charge in [-0.1, -0.05) is 0 Å². The van der Waals surface area contributed by atoms with Gasteiger partial charge in [-0.15, -0.1) is 0 Å². The molecule has 3 rings (SSSR count). The van der Waals surface area contributed by atoms with Gasteiger partial charge in [0.1, 0.15) is 5.82 Å². The average Bonchev–Trinajstić information content (AvgIpc) is 2.77. The average molecular weight is 273 g/mol. The van der Waals surface area contributed by atoms with E-state index in [2.05, 4.69) is 4.98 Å². The molecule has 0 saturated carbocycles. The zero-order valence-electron chi connectivity index (χ0n) is 9.64. The molecule has 0 aliphatic heterocycles. The van der Waals surface area contributed by atoms with Crippen molar-refractivity contribution in [2.24, 2.45) is 0 Å². The Kier molecular flexibility index (Phi) is 2.76.